The Morgan fingerprint density at radius 2 is 1.86 bits per heavy atom. The molecule has 11 nitrogen and oxygen atoms in total. The maximum absolute atomic E-state index is 14.6. The Bertz CT molecular complexity index is 1300. The van der Waals surface area contributed by atoms with E-state index in [2.05, 4.69) is 20.2 Å². The summed E-state index contributed by atoms with van der Waals surface area (Å²) in [6.07, 6.45) is 5.16. The summed E-state index contributed by atoms with van der Waals surface area (Å²) in [4.78, 5) is 19.4. The lowest BCUT2D eigenvalue weighted by Gasteiger charge is -2.28. The van der Waals surface area contributed by atoms with Crippen LogP contribution in [0.4, 0.5) is 8.78 Å². The van der Waals surface area contributed by atoms with E-state index in [1.165, 1.54) is 46.5 Å². The van der Waals surface area contributed by atoms with Crippen LogP contribution in [0.15, 0.2) is 61.4 Å². The lowest BCUT2D eigenvalue weighted by Crippen LogP contribution is -2.37. The van der Waals surface area contributed by atoms with Crippen LogP contribution < -0.4 is 10.2 Å². The number of ether oxygens (including phenoxy) is 1. The topological polar surface area (TPSA) is 140 Å². The zero-order valence-corrected chi connectivity index (χ0v) is 19.0. The van der Waals surface area contributed by atoms with Crippen molar-refractivity contribution in [3.63, 3.8) is 0 Å². The molecule has 3 N–H and O–H groups in total. The molecule has 4 rings (SSSR count). The van der Waals surface area contributed by atoms with Crippen molar-refractivity contribution in [1.29, 1.82) is 0 Å². The molecular weight excluding hydrogens is 476 g/mol. The fourth-order valence-electron chi connectivity index (χ4n) is 3.65. The third-order valence-electron chi connectivity index (χ3n) is 5.36. The van der Waals surface area contributed by atoms with Gasteiger partial charge in [0.1, 0.15) is 42.0 Å². The van der Waals surface area contributed by atoms with Crippen LogP contribution in [0.5, 0.6) is 5.75 Å². The van der Waals surface area contributed by atoms with Gasteiger partial charge in [0.05, 0.1) is 19.7 Å². The van der Waals surface area contributed by atoms with Gasteiger partial charge in [-0.3, -0.25) is 10.0 Å². The molecule has 1 atom stereocenters. The number of amides is 1. The number of halogens is 2. The van der Waals surface area contributed by atoms with Gasteiger partial charge in [-0.25, -0.2) is 33.6 Å². The number of hydrogen-bond donors (Lipinski definition) is 3. The van der Waals surface area contributed by atoms with Crippen LogP contribution in [-0.2, 0) is 25.1 Å². The molecule has 13 heteroatoms. The molecule has 1 amide bonds. The molecule has 0 aliphatic heterocycles. The maximum atomic E-state index is 14.6. The first kappa shape index (κ1) is 24.9. The number of nitrogens with zero attached hydrogens (tertiary/aromatic N) is 6. The number of carbonyl (C=O) groups excluding carboxylic acids is 1. The summed E-state index contributed by atoms with van der Waals surface area (Å²) in [7, 11) is 0. The minimum Gasteiger partial charge on any atom is -0.494 e. The van der Waals surface area contributed by atoms with Gasteiger partial charge < -0.3 is 9.84 Å². The first-order valence-corrected chi connectivity index (χ1v) is 10.9. The predicted octanol–water partition coefficient (Wildman–Crippen LogP) is 1.87. The van der Waals surface area contributed by atoms with Crippen molar-refractivity contribution in [3.8, 4) is 5.75 Å². The van der Waals surface area contributed by atoms with Crippen LogP contribution >= 0.6 is 0 Å². The molecule has 0 saturated carbocycles. The molecule has 2 heterocycles. The second-order valence-electron chi connectivity index (χ2n) is 8.02. The van der Waals surface area contributed by atoms with Gasteiger partial charge in [-0.15, -0.1) is 0 Å². The summed E-state index contributed by atoms with van der Waals surface area (Å²) in [5, 5.41) is 28.4. The molecule has 4 aromatic rings. The Balaban J connectivity index is 1.37. The SMILES string of the molecule is O=C(NO)c1ccc(OCCCc2ncn(CC(O)(Cn3cncn3)c3ccc(F)cc3F)n2)cc1. The summed E-state index contributed by atoms with van der Waals surface area (Å²) in [5.74, 6) is -1.20. The first-order valence-electron chi connectivity index (χ1n) is 10.9. The number of carbonyl (C=O) groups is 1. The van der Waals surface area contributed by atoms with E-state index in [1.807, 2.05) is 0 Å². The van der Waals surface area contributed by atoms with E-state index in [1.54, 1.807) is 17.6 Å². The smallest absolute Gasteiger partial charge is 0.274 e. The number of aromatic nitrogens is 6. The second kappa shape index (κ2) is 11.0. The van der Waals surface area contributed by atoms with Gasteiger partial charge in [0, 0.05) is 23.6 Å². The van der Waals surface area contributed by atoms with Gasteiger partial charge in [-0.2, -0.15) is 10.2 Å². The first-order chi connectivity index (χ1) is 17.4. The molecule has 2 aromatic heterocycles. The van der Waals surface area contributed by atoms with Gasteiger partial charge in [0.2, 0.25) is 0 Å². The van der Waals surface area contributed by atoms with Crippen molar-refractivity contribution in [2.75, 3.05) is 6.61 Å². The van der Waals surface area contributed by atoms with Crippen molar-refractivity contribution in [2.45, 2.75) is 31.5 Å². The fraction of sp³-hybridized carbons (Fsp3) is 0.261. The van der Waals surface area contributed by atoms with Crippen LogP contribution in [0.3, 0.4) is 0 Å². The standard InChI is InChI=1S/C23H23F2N7O4/c24-17-5-8-19(20(25)10-17)23(34,11-31-14-26-13-28-31)12-32-15-27-21(29-32)2-1-9-36-18-6-3-16(4-7-18)22(33)30-35/h3-8,10,13-15,34-35H,1-2,9,11-12H2,(H,30,33). The summed E-state index contributed by atoms with van der Waals surface area (Å²) < 4.78 is 36.4. The minimum absolute atomic E-state index is 0.104. The van der Waals surface area contributed by atoms with Gasteiger partial charge in [0.15, 0.2) is 5.82 Å². The van der Waals surface area contributed by atoms with Crippen LogP contribution in [-0.4, -0.2) is 52.4 Å². The van der Waals surface area contributed by atoms with Gasteiger partial charge in [-0.05, 0) is 36.8 Å². The third kappa shape index (κ3) is 6.06. The molecule has 0 fully saturated rings. The molecule has 1 unspecified atom stereocenters. The largest absolute Gasteiger partial charge is 0.494 e. The minimum atomic E-state index is -1.81. The number of hydroxylamine groups is 1. The van der Waals surface area contributed by atoms with E-state index < -0.39 is 23.1 Å². The van der Waals surface area contributed by atoms with Crippen LogP contribution in [0, 0.1) is 11.6 Å². The van der Waals surface area contributed by atoms with E-state index in [4.69, 9.17) is 9.94 Å². The second-order valence-corrected chi connectivity index (χ2v) is 8.02. The normalized spacial score (nSPS) is 12.8. The number of rotatable bonds is 11. The Kier molecular flexibility index (Phi) is 7.61. The number of aliphatic hydroxyl groups is 1. The average molecular weight is 499 g/mol. The predicted molar refractivity (Wildman–Crippen MR) is 120 cm³/mol. The molecule has 0 aliphatic carbocycles. The molecule has 0 spiro atoms. The highest BCUT2D eigenvalue weighted by atomic mass is 19.1. The molecular formula is C23H23F2N7O4. The van der Waals surface area contributed by atoms with E-state index in [0.717, 1.165) is 6.07 Å². The molecule has 188 valence electrons. The quantitative estimate of drug-likeness (QED) is 0.161. The highest BCUT2D eigenvalue weighted by Gasteiger charge is 2.34. The lowest BCUT2D eigenvalue weighted by molar-refractivity contribution is -0.00863. The lowest BCUT2D eigenvalue weighted by atomic mass is 9.93. The Hall–Kier alpha value is -4.23. The molecule has 0 radical (unpaired) electrons. The highest BCUT2D eigenvalue weighted by Crippen LogP contribution is 2.28. The molecule has 2 aromatic carbocycles. The molecule has 0 saturated heterocycles. The summed E-state index contributed by atoms with van der Waals surface area (Å²) >= 11 is 0. The zero-order chi connectivity index (χ0) is 25.5. The Labute approximate surface area is 204 Å². The van der Waals surface area contributed by atoms with E-state index >= 15 is 0 Å². The van der Waals surface area contributed by atoms with Crippen LogP contribution in [0.25, 0.3) is 0 Å². The Morgan fingerprint density at radius 3 is 2.56 bits per heavy atom. The molecule has 36 heavy (non-hydrogen) atoms. The average Bonchev–Trinajstić information content (AvgIpc) is 3.53. The summed E-state index contributed by atoms with van der Waals surface area (Å²) in [6.45, 7) is 0.0567. The number of aryl methyl sites for hydroxylation is 1. The van der Waals surface area contributed by atoms with Crippen molar-refractivity contribution in [3.05, 3.63) is 90.0 Å². The van der Waals surface area contributed by atoms with Gasteiger partial charge in [0.25, 0.3) is 5.91 Å². The summed E-state index contributed by atoms with van der Waals surface area (Å²) in [5.41, 5.74) is -0.0558. The van der Waals surface area contributed by atoms with E-state index in [-0.39, 0.29) is 18.7 Å². The molecule has 0 aliphatic rings. The van der Waals surface area contributed by atoms with Crippen LogP contribution in [0.1, 0.15) is 28.2 Å². The fourth-order valence-corrected chi connectivity index (χ4v) is 3.65. The van der Waals surface area contributed by atoms with E-state index in [0.29, 0.717) is 42.7 Å². The van der Waals surface area contributed by atoms with E-state index in [9.17, 15) is 18.7 Å². The number of hydrogen-bond acceptors (Lipinski definition) is 8. The van der Waals surface area contributed by atoms with Gasteiger partial charge in [-0.1, -0.05) is 6.07 Å². The third-order valence-corrected chi connectivity index (χ3v) is 5.36. The summed E-state index contributed by atoms with van der Waals surface area (Å²) in [6, 6.07) is 9.25. The van der Waals surface area contributed by atoms with Crippen molar-refractivity contribution in [1.82, 2.24) is 35.0 Å². The molecule has 0 bridgehead atoms. The van der Waals surface area contributed by atoms with Crippen molar-refractivity contribution < 1.29 is 28.6 Å². The zero-order valence-electron chi connectivity index (χ0n) is 19.0. The monoisotopic (exact) mass is 499 g/mol. The highest BCUT2D eigenvalue weighted by molar-refractivity contribution is 5.93. The number of nitrogens with one attached hydrogen (secondary N) is 1. The van der Waals surface area contributed by atoms with Crippen molar-refractivity contribution >= 4 is 5.91 Å². The van der Waals surface area contributed by atoms with Crippen molar-refractivity contribution in [2.24, 2.45) is 0 Å². The maximum Gasteiger partial charge on any atom is 0.274 e. The number of benzene rings is 2. The Morgan fingerprint density at radius 1 is 1.08 bits per heavy atom. The van der Waals surface area contributed by atoms with Gasteiger partial charge >= 0.3 is 0 Å². The van der Waals surface area contributed by atoms with Crippen LogP contribution in [0.2, 0.25) is 0 Å².